The number of thiophene rings is 1. The highest BCUT2D eigenvalue weighted by atomic mass is 79.9. The van der Waals surface area contributed by atoms with Gasteiger partial charge in [0.25, 0.3) is 0 Å². The molecular formula is C9H8BrN3O2S. The number of aromatic carboxylic acids is 1. The molecule has 7 heteroatoms. The summed E-state index contributed by atoms with van der Waals surface area (Å²) in [4.78, 5) is 11.9. The Morgan fingerprint density at radius 1 is 1.69 bits per heavy atom. The SMILES string of the molecule is Cc1c(C(=O)O)nnn1Cc1cc(Br)cs1. The third kappa shape index (κ3) is 2.14. The van der Waals surface area contributed by atoms with Gasteiger partial charge in [0.15, 0.2) is 5.69 Å². The van der Waals surface area contributed by atoms with Gasteiger partial charge in [-0.3, -0.25) is 0 Å². The Morgan fingerprint density at radius 3 is 2.94 bits per heavy atom. The quantitative estimate of drug-likeness (QED) is 0.943. The first-order valence-corrected chi connectivity index (χ1v) is 6.11. The lowest BCUT2D eigenvalue weighted by Crippen LogP contribution is -2.04. The first-order valence-electron chi connectivity index (χ1n) is 4.44. The van der Waals surface area contributed by atoms with Crippen molar-refractivity contribution in [3.05, 3.63) is 32.2 Å². The van der Waals surface area contributed by atoms with E-state index in [0.29, 0.717) is 12.2 Å². The topological polar surface area (TPSA) is 68.0 Å². The molecule has 0 fully saturated rings. The van der Waals surface area contributed by atoms with Crippen LogP contribution in [0.3, 0.4) is 0 Å². The van der Waals surface area contributed by atoms with E-state index in [-0.39, 0.29) is 5.69 Å². The minimum Gasteiger partial charge on any atom is -0.476 e. The van der Waals surface area contributed by atoms with E-state index in [0.717, 1.165) is 9.35 Å². The second-order valence-corrected chi connectivity index (χ2v) is 5.13. The second-order valence-electron chi connectivity index (χ2n) is 3.22. The number of nitrogens with zero attached hydrogens (tertiary/aromatic N) is 3. The molecule has 1 N–H and O–H groups in total. The van der Waals surface area contributed by atoms with Crippen molar-refractivity contribution < 1.29 is 9.90 Å². The normalized spacial score (nSPS) is 10.6. The Bertz CT molecular complexity index is 535. The van der Waals surface area contributed by atoms with Crippen molar-refractivity contribution in [3.8, 4) is 0 Å². The Morgan fingerprint density at radius 2 is 2.44 bits per heavy atom. The van der Waals surface area contributed by atoms with Crippen LogP contribution in [-0.4, -0.2) is 26.1 Å². The van der Waals surface area contributed by atoms with E-state index in [9.17, 15) is 4.79 Å². The molecule has 2 aromatic heterocycles. The smallest absolute Gasteiger partial charge is 0.358 e. The van der Waals surface area contributed by atoms with Crippen molar-refractivity contribution in [2.75, 3.05) is 0 Å². The van der Waals surface area contributed by atoms with Gasteiger partial charge in [-0.05, 0) is 28.9 Å². The summed E-state index contributed by atoms with van der Waals surface area (Å²) in [6.45, 7) is 2.24. The molecule has 0 unspecified atom stereocenters. The number of rotatable bonds is 3. The molecular weight excluding hydrogens is 294 g/mol. The van der Waals surface area contributed by atoms with Crippen LogP contribution in [0, 0.1) is 6.92 Å². The fourth-order valence-corrected chi connectivity index (χ4v) is 2.72. The van der Waals surface area contributed by atoms with Gasteiger partial charge in [-0.15, -0.1) is 16.4 Å². The molecule has 0 amide bonds. The highest BCUT2D eigenvalue weighted by molar-refractivity contribution is 9.10. The molecule has 16 heavy (non-hydrogen) atoms. The van der Waals surface area contributed by atoms with Crippen LogP contribution in [0.2, 0.25) is 0 Å². The van der Waals surface area contributed by atoms with E-state index in [1.165, 1.54) is 0 Å². The molecule has 5 nitrogen and oxygen atoms in total. The fourth-order valence-electron chi connectivity index (χ4n) is 1.29. The molecule has 2 aromatic rings. The third-order valence-electron chi connectivity index (χ3n) is 2.11. The number of aromatic nitrogens is 3. The summed E-state index contributed by atoms with van der Waals surface area (Å²) in [5, 5.41) is 18.2. The van der Waals surface area contributed by atoms with Crippen molar-refractivity contribution >= 4 is 33.2 Å². The number of halogens is 1. The zero-order valence-corrected chi connectivity index (χ0v) is 10.7. The summed E-state index contributed by atoms with van der Waals surface area (Å²) in [5.41, 5.74) is 0.577. The van der Waals surface area contributed by atoms with Crippen LogP contribution in [0.4, 0.5) is 0 Å². The van der Waals surface area contributed by atoms with Gasteiger partial charge in [-0.2, -0.15) is 0 Å². The zero-order chi connectivity index (χ0) is 11.7. The van der Waals surface area contributed by atoms with Crippen molar-refractivity contribution in [3.63, 3.8) is 0 Å². The fraction of sp³-hybridized carbons (Fsp3) is 0.222. The van der Waals surface area contributed by atoms with E-state index < -0.39 is 5.97 Å². The van der Waals surface area contributed by atoms with Crippen LogP contribution in [0.5, 0.6) is 0 Å². The Balaban J connectivity index is 2.25. The van der Waals surface area contributed by atoms with Crippen molar-refractivity contribution in [2.24, 2.45) is 0 Å². The molecule has 0 spiro atoms. The minimum atomic E-state index is -1.05. The van der Waals surface area contributed by atoms with Crippen LogP contribution < -0.4 is 0 Å². The molecule has 0 saturated heterocycles. The lowest BCUT2D eigenvalue weighted by Gasteiger charge is -1.99. The summed E-state index contributed by atoms with van der Waals surface area (Å²) in [6, 6.07) is 1.98. The summed E-state index contributed by atoms with van der Waals surface area (Å²) in [6.07, 6.45) is 0. The number of carboxylic acid groups (broad SMARTS) is 1. The number of hydrogen-bond donors (Lipinski definition) is 1. The maximum atomic E-state index is 10.8. The van der Waals surface area contributed by atoms with E-state index in [1.54, 1.807) is 22.9 Å². The molecule has 0 atom stereocenters. The second kappa shape index (κ2) is 4.34. The van der Waals surface area contributed by atoms with Gasteiger partial charge in [0.05, 0.1) is 12.2 Å². The maximum absolute atomic E-state index is 10.8. The van der Waals surface area contributed by atoms with E-state index in [2.05, 4.69) is 26.2 Å². The molecule has 0 radical (unpaired) electrons. The van der Waals surface area contributed by atoms with Gasteiger partial charge in [0.1, 0.15) is 0 Å². The molecule has 2 heterocycles. The van der Waals surface area contributed by atoms with E-state index in [4.69, 9.17) is 5.11 Å². The van der Waals surface area contributed by atoms with Gasteiger partial charge in [0.2, 0.25) is 0 Å². The lowest BCUT2D eigenvalue weighted by atomic mass is 10.3. The standard InChI is InChI=1S/C9H8BrN3O2S/c1-5-8(9(14)15)11-12-13(5)3-7-2-6(10)4-16-7/h2,4H,3H2,1H3,(H,14,15). The lowest BCUT2D eigenvalue weighted by molar-refractivity contribution is 0.0689. The van der Waals surface area contributed by atoms with Gasteiger partial charge < -0.3 is 5.11 Å². The number of carboxylic acids is 1. The average molecular weight is 302 g/mol. The van der Waals surface area contributed by atoms with Crippen LogP contribution in [0.1, 0.15) is 21.1 Å². The molecule has 84 valence electrons. The Hall–Kier alpha value is -1.21. The summed E-state index contributed by atoms with van der Waals surface area (Å²) in [5.74, 6) is -1.05. The summed E-state index contributed by atoms with van der Waals surface area (Å²) in [7, 11) is 0. The predicted molar refractivity (Wildman–Crippen MR) is 62.8 cm³/mol. The van der Waals surface area contributed by atoms with Gasteiger partial charge in [-0.25, -0.2) is 9.48 Å². The first-order chi connectivity index (χ1) is 7.58. The number of hydrogen-bond acceptors (Lipinski definition) is 4. The van der Waals surface area contributed by atoms with Gasteiger partial charge >= 0.3 is 5.97 Å². The van der Waals surface area contributed by atoms with E-state index in [1.807, 2.05) is 11.4 Å². The Kier molecular flexibility index (Phi) is 3.06. The van der Waals surface area contributed by atoms with E-state index >= 15 is 0 Å². The third-order valence-corrected chi connectivity index (χ3v) is 3.79. The monoisotopic (exact) mass is 301 g/mol. The summed E-state index contributed by atoms with van der Waals surface area (Å²) < 4.78 is 2.60. The van der Waals surface area contributed by atoms with Crippen molar-refractivity contribution in [1.82, 2.24) is 15.0 Å². The average Bonchev–Trinajstić information content (AvgIpc) is 2.76. The molecule has 0 aromatic carbocycles. The molecule has 0 bridgehead atoms. The van der Waals surface area contributed by atoms with Crippen LogP contribution >= 0.6 is 27.3 Å². The van der Waals surface area contributed by atoms with Crippen LogP contribution in [0.25, 0.3) is 0 Å². The molecule has 0 aliphatic heterocycles. The molecule has 2 rings (SSSR count). The van der Waals surface area contributed by atoms with Crippen LogP contribution in [-0.2, 0) is 6.54 Å². The van der Waals surface area contributed by atoms with Crippen LogP contribution in [0.15, 0.2) is 15.9 Å². The highest BCUT2D eigenvalue weighted by Crippen LogP contribution is 2.20. The predicted octanol–water partition coefficient (Wildman–Crippen LogP) is 2.16. The minimum absolute atomic E-state index is 0.00984. The summed E-state index contributed by atoms with van der Waals surface area (Å²) >= 11 is 4.95. The van der Waals surface area contributed by atoms with Crippen molar-refractivity contribution in [2.45, 2.75) is 13.5 Å². The Labute approximate surface area is 104 Å². The van der Waals surface area contributed by atoms with Crippen molar-refractivity contribution in [1.29, 1.82) is 0 Å². The number of carbonyl (C=O) groups is 1. The highest BCUT2D eigenvalue weighted by Gasteiger charge is 2.15. The zero-order valence-electron chi connectivity index (χ0n) is 8.35. The first kappa shape index (κ1) is 11.3. The van der Waals surface area contributed by atoms with Gasteiger partial charge in [-0.1, -0.05) is 5.21 Å². The molecule has 0 saturated carbocycles. The maximum Gasteiger partial charge on any atom is 0.358 e. The molecule has 0 aliphatic rings. The van der Waals surface area contributed by atoms with Gasteiger partial charge in [0, 0.05) is 14.7 Å². The molecule has 0 aliphatic carbocycles. The largest absolute Gasteiger partial charge is 0.476 e.